The molecule has 5 heteroatoms. The van der Waals surface area contributed by atoms with Gasteiger partial charge in [0.1, 0.15) is 0 Å². The van der Waals surface area contributed by atoms with Crippen molar-refractivity contribution < 1.29 is 14.3 Å². The monoisotopic (exact) mass is 175 g/mol. The van der Waals surface area contributed by atoms with Crippen LogP contribution in [0.25, 0.3) is 0 Å². The largest absolute Gasteiger partial charge is 0.355 e. The van der Waals surface area contributed by atoms with Crippen LogP contribution in [-0.2, 0) is 14.3 Å². The van der Waals surface area contributed by atoms with Crippen LogP contribution in [0, 0.1) is 0 Å². The minimum Gasteiger partial charge on any atom is -0.355 e. The molecule has 0 aliphatic heterocycles. The maximum absolute atomic E-state index is 9.75. The molecular formula is C6H13NO3Si. The summed E-state index contributed by atoms with van der Waals surface area (Å²) in [5, 5.41) is 0. The number of isocyanates is 1. The van der Waals surface area contributed by atoms with Gasteiger partial charge in [0, 0.05) is 13.2 Å². The van der Waals surface area contributed by atoms with Crippen molar-refractivity contribution in [1.29, 1.82) is 0 Å². The van der Waals surface area contributed by atoms with E-state index in [-0.39, 0.29) is 5.91 Å². The molecule has 0 unspecified atom stereocenters. The van der Waals surface area contributed by atoms with Gasteiger partial charge in [0.05, 0.1) is 0 Å². The Morgan fingerprint density at radius 1 is 1.45 bits per heavy atom. The molecule has 11 heavy (non-hydrogen) atoms. The van der Waals surface area contributed by atoms with Gasteiger partial charge in [-0.1, -0.05) is 0 Å². The van der Waals surface area contributed by atoms with Crippen LogP contribution < -0.4 is 0 Å². The molecule has 0 aromatic heterocycles. The predicted octanol–water partition coefficient (Wildman–Crippen LogP) is -0.237. The molecule has 0 aromatic rings. The predicted molar refractivity (Wildman–Crippen MR) is 43.7 cm³/mol. The van der Waals surface area contributed by atoms with Crippen molar-refractivity contribution >= 4 is 15.8 Å². The molecule has 0 radical (unpaired) electrons. The lowest BCUT2D eigenvalue weighted by molar-refractivity contribution is -0.0826. The van der Waals surface area contributed by atoms with Crippen molar-refractivity contribution in [3.63, 3.8) is 0 Å². The highest BCUT2D eigenvalue weighted by Gasteiger charge is 2.06. The molecule has 0 aliphatic rings. The van der Waals surface area contributed by atoms with Gasteiger partial charge in [-0.25, -0.2) is 9.45 Å². The average molecular weight is 175 g/mol. The van der Waals surface area contributed by atoms with Crippen LogP contribution in [0.2, 0.25) is 0 Å². The first-order chi connectivity index (χ1) is 5.35. The zero-order valence-corrected chi connectivity index (χ0v) is 8.28. The first kappa shape index (κ1) is 10.5. The summed E-state index contributed by atoms with van der Waals surface area (Å²) in [6, 6.07) is 0. The lowest BCUT2D eigenvalue weighted by Gasteiger charge is -2.12. The third-order valence-corrected chi connectivity index (χ3v) is 2.09. The van der Waals surface area contributed by atoms with Gasteiger partial charge in [-0.05, 0) is 13.8 Å². The topological polar surface area (TPSA) is 47.9 Å². The molecule has 0 bridgehead atoms. The Morgan fingerprint density at radius 3 is 2.36 bits per heavy atom. The molecule has 0 saturated heterocycles. The van der Waals surface area contributed by atoms with E-state index in [1.165, 1.54) is 6.08 Å². The standard InChI is InChI=1S/C6H13NO3Si/c1-3-9-6(10-4-2)11-7-5-8/h6H,3-4,11H2,1-2H3. The Kier molecular flexibility index (Phi) is 7.29. The van der Waals surface area contributed by atoms with E-state index in [9.17, 15) is 4.79 Å². The molecule has 0 fully saturated rings. The number of rotatable bonds is 6. The van der Waals surface area contributed by atoms with E-state index < -0.39 is 9.68 Å². The van der Waals surface area contributed by atoms with Gasteiger partial charge in [-0.15, -0.1) is 0 Å². The van der Waals surface area contributed by atoms with E-state index in [4.69, 9.17) is 9.47 Å². The molecular weight excluding hydrogens is 162 g/mol. The first-order valence-electron chi connectivity index (χ1n) is 3.62. The van der Waals surface area contributed by atoms with Crippen molar-refractivity contribution in [2.45, 2.75) is 19.8 Å². The van der Waals surface area contributed by atoms with Crippen molar-refractivity contribution in [3.05, 3.63) is 0 Å². The lowest BCUT2D eigenvalue weighted by Crippen LogP contribution is -2.23. The second-order valence-electron chi connectivity index (χ2n) is 1.77. The highest BCUT2D eigenvalue weighted by molar-refractivity contribution is 6.35. The van der Waals surface area contributed by atoms with Crippen LogP contribution >= 0.6 is 0 Å². The van der Waals surface area contributed by atoms with Crippen molar-refractivity contribution in [3.8, 4) is 0 Å². The minimum absolute atomic E-state index is 0.258. The summed E-state index contributed by atoms with van der Waals surface area (Å²) < 4.78 is 13.8. The van der Waals surface area contributed by atoms with E-state index in [0.29, 0.717) is 13.2 Å². The Morgan fingerprint density at radius 2 is 2.00 bits per heavy atom. The molecule has 0 amide bonds. The SMILES string of the molecule is CCOC(OCC)[SiH2]N=C=O. The number of hydrogen-bond donors (Lipinski definition) is 0. The molecule has 0 rings (SSSR count). The summed E-state index contributed by atoms with van der Waals surface area (Å²) in [5.41, 5.74) is 0. The second-order valence-corrected chi connectivity index (χ2v) is 3.12. The Hall–Kier alpha value is -0.483. The van der Waals surface area contributed by atoms with E-state index in [2.05, 4.69) is 4.66 Å². The van der Waals surface area contributed by atoms with E-state index in [1.54, 1.807) is 0 Å². The average Bonchev–Trinajstić information content (AvgIpc) is 2.01. The van der Waals surface area contributed by atoms with Gasteiger partial charge in [0.25, 0.3) is 0 Å². The summed E-state index contributed by atoms with van der Waals surface area (Å²) in [6.07, 6.45) is 1.49. The number of carbonyl (C=O) groups excluding carboxylic acids is 1. The zero-order chi connectivity index (χ0) is 8.53. The quantitative estimate of drug-likeness (QED) is 0.242. The molecule has 0 N–H and O–H groups in total. The Bertz CT molecular complexity index is 130. The molecule has 0 saturated carbocycles. The summed E-state index contributed by atoms with van der Waals surface area (Å²) in [6.45, 7) is 4.94. The zero-order valence-electron chi connectivity index (χ0n) is 6.87. The summed E-state index contributed by atoms with van der Waals surface area (Å²) in [5.74, 6) is -0.258. The Balaban J connectivity index is 3.58. The molecule has 0 atom stereocenters. The third kappa shape index (κ3) is 5.94. The lowest BCUT2D eigenvalue weighted by atomic mass is 10.9. The summed E-state index contributed by atoms with van der Waals surface area (Å²) in [4.78, 5) is 9.75. The van der Waals surface area contributed by atoms with Crippen molar-refractivity contribution in [2.75, 3.05) is 13.2 Å². The fourth-order valence-corrected chi connectivity index (χ4v) is 1.54. The molecule has 64 valence electrons. The highest BCUT2D eigenvalue weighted by atomic mass is 28.2. The maximum atomic E-state index is 9.75. The highest BCUT2D eigenvalue weighted by Crippen LogP contribution is 1.92. The minimum atomic E-state index is -0.940. The first-order valence-corrected chi connectivity index (χ1v) is 5.06. The number of ether oxygens (including phenoxy) is 2. The molecule has 0 aliphatic carbocycles. The van der Waals surface area contributed by atoms with Crippen molar-refractivity contribution in [2.24, 2.45) is 4.66 Å². The van der Waals surface area contributed by atoms with Crippen LogP contribution in [0.3, 0.4) is 0 Å². The fourth-order valence-electron chi connectivity index (χ4n) is 0.637. The van der Waals surface area contributed by atoms with Gasteiger partial charge in [-0.2, -0.15) is 0 Å². The summed E-state index contributed by atoms with van der Waals surface area (Å²) in [7, 11) is -0.940. The van der Waals surface area contributed by atoms with Gasteiger partial charge in [0.15, 0.2) is 5.91 Å². The van der Waals surface area contributed by atoms with Crippen molar-refractivity contribution in [1.82, 2.24) is 0 Å². The molecule has 0 spiro atoms. The molecule has 0 heterocycles. The van der Waals surface area contributed by atoms with E-state index in [0.717, 1.165) is 0 Å². The van der Waals surface area contributed by atoms with Crippen LogP contribution in [-0.4, -0.2) is 34.9 Å². The van der Waals surface area contributed by atoms with Crippen LogP contribution in [0.5, 0.6) is 0 Å². The summed E-state index contributed by atoms with van der Waals surface area (Å²) >= 11 is 0. The van der Waals surface area contributed by atoms with Crippen LogP contribution in [0.1, 0.15) is 13.8 Å². The Labute approximate surface area is 68.5 Å². The fraction of sp³-hybridized carbons (Fsp3) is 0.833. The maximum Gasteiger partial charge on any atom is 0.229 e. The number of hydrogen-bond acceptors (Lipinski definition) is 4. The normalized spacial score (nSPS) is 10.8. The molecule has 0 aromatic carbocycles. The van der Waals surface area contributed by atoms with Gasteiger partial charge in [-0.3, -0.25) is 0 Å². The van der Waals surface area contributed by atoms with E-state index in [1.807, 2.05) is 13.8 Å². The third-order valence-electron chi connectivity index (χ3n) is 1.01. The van der Waals surface area contributed by atoms with Gasteiger partial charge >= 0.3 is 0 Å². The van der Waals surface area contributed by atoms with Gasteiger partial charge in [0.2, 0.25) is 15.8 Å². The van der Waals surface area contributed by atoms with Gasteiger partial charge < -0.3 is 9.47 Å². The number of nitrogens with zero attached hydrogens (tertiary/aromatic N) is 1. The van der Waals surface area contributed by atoms with Crippen LogP contribution in [0.15, 0.2) is 4.66 Å². The van der Waals surface area contributed by atoms with E-state index >= 15 is 0 Å². The smallest absolute Gasteiger partial charge is 0.229 e. The molecule has 4 nitrogen and oxygen atoms in total. The second kappa shape index (κ2) is 7.62. The van der Waals surface area contributed by atoms with Crippen LogP contribution in [0.4, 0.5) is 0 Å².